The second kappa shape index (κ2) is 6.03. The van der Waals surface area contributed by atoms with Gasteiger partial charge in [0.1, 0.15) is 29.2 Å². The predicted octanol–water partition coefficient (Wildman–Crippen LogP) is 1.77. The van der Waals surface area contributed by atoms with Gasteiger partial charge in [-0.1, -0.05) is 29.8 Å². The van der Waals surface area contributed by atoms with Crippen LogP contribution in [-0.4, -0.2) is 23.0 Å². The van der Waals surface area contributed by atoms with E-state index >= 15 is 0 Å². The molecule has 3 heterocycles. The van der Waals surface area contributed by atoms with Crippen LogP contribution in [0.25, 0.3) is 0 Å². The number of nitrogens with one attached hydrogen (secondary N) is 1. The van der Waals surface area contributed by atoms with Crippen molar-refractivity contribution in [3.63, 3.8) is 0 Å². The van der Waals surface area contributed by atoms with Crippen LogP contribution in [0.5, 0.6) is 0 Å². The molecule has 1 atom stereocenters. The summed E-state index contributed by atoms with van der Waals surface area (Å²) >= 11 is 6.36. The standard InChI is InChI=1S/C17H14ClN7O2/c18-10-4-2-1-3-8(10)11-12-13(20)9(7-19)15(21)23-16(12)24-6-5-22-17(24)14(11)25(26)27/h1-4,11,22H,5-6H2,(H4,20,21,23). The number of pyridine rings is 1. The zero-order chi connectivity index (χ0) is 19.3. The molecule has 0 amide bonds. The van der Waals surface area contributed by atoms with Gasteiger partial charge in [0.25, 0.3) is 5.70 Å². The highest BCUT2D eigenvalue weighted by Gasteiger charge is 2.46. The van der Waals surface area contributed by atoms with Crippen molar-refractivity contribution in [3.05, 3.63) is 67.6 Å². The van der Waals surface area contributed by atoms with Crippen LogP contribution in [0.4, 0.5) is 17.3 Å². The van der Waals surface area contributed by atoms with Crippen LogP contribution in [-0.2, 0) is 0 Å². The third kappa shape index (κ3) is 2.34. The van der Waals surface area contributed by atoms with E-state index in [1.54, 1.807) is 29.2 Å². The molecule has 0 spiro atoms. The van der Waals surface area contributed by atoms with E-state index in [2.05, 4.69) is 10.3 Å². The van der Waals surface area contributed by atoms with Gasteiger partial charge in [-0.15, -0.1) is 0 Å². The number of allylic oxidation sites excluding steroid dienone is 1. The van der Waals surface area contributed by atoms with Gasteiger partial charge >= 0.3 is 0 Å². The Kier molecular flexibility index (Phi) is 3.78. The van der Waals surface area contributed by atoms with E-state index < -0.39 is 10.8 Å². The van der Waals surface area contributed by atoms with Crippen molar-refractivity contribution in [3.8, 4) is 6.07 Å². The molecule has 1 aromatic heterocycles. The quantitative estimate of drug-likeness (QED) is 0.525. The molecule has 0 aliphatic carbocycles. The van der Waals surface area contributed by atoms with Crippen LogP contribution in [0, 0.1) is 21.4 Å². The topological polar surface area (TPSA) is 147 Å². The Bertz CT molecular complexity index is 1060. The fourth-order valence-electron chi connectivity index (χ4n) is 3.64. The lowest BCUT2D eigenvalue weighted by molar-refractivity contribution is -0.430. The molecule has 2 aliphatic heterocycles. The van der Waals surface area contributed by atoms with Crippen LogP contribution < -0.4 is 21.7 Å². The zero-order valence-electron chi connectivity index (χ0n) is 13.9. The summed E-state index contributed by atoms with van der Waals surface area (Å²) in [6, 6.07) is 8.77. The van der Waals surface area contributed by atoms with E-state index in [0.717, 1.165) is 0 Å². The zero-order valence-corrected chi connectivity index (χ0v) is 14.7. The largest absolute Gasteiger partial charge is 0.397 e. The minimum Gasteiger partial charge on any atom is -0.397 e. The van der Waals surface area contributed by atoms with Crippen molar-refractivity contribution >= 4 is 28.9 Å². The molecule has 136 valence electrons. The van der Waals surface area contributed by atoms with Crippen molar-refractivity contribution in [2.75, 3.05) is 29.5 Å². The number of fused-ring (bicyclic) bond motifs is 3. The number of nitrogens with two attached hydrogens (primary N) is 2. The van der Waals surface area contributed by atoms with E-state index in [9.17, 15) is 15.4 Å². The first-order chi connectivity index (χ1) is 13.0. The van der Waals surface area contributed by atoms with Crippen molar-refractivity contribution in [1.82, 2.24) is 10.3 Å². The number of nitrogens with zero attached hydrogens (tertiary/aromatic N) is 4. The van der Waals surface area contributed by atoms with Gasteiger partial charge in [0, 0.05) is 23.7 Å². The van der Waals surface area contributed by atoms with Gasteiger partial charge in [0.2, 0.25) is 0 Å². The third-order valence-corrected chi connectivity index (χ3v) is 5.11. The van der Waals surface area contributed by atoms with E-state index in [0.29, 0.717) is 40.9 Å². The van der Waals surface area contributed by atoms with Gasteiger partial charge < -0.3 is 21.7 Å². The van der Waals surface area contributed by atoms with Crippen molar-refractivity contribution in [2.24, 2.45) is 0 Å². The lowest BCUT2D eigenvalue weighted by Crippen LogP contribution is -2.34. The summed E-state index contributed by atoms with van der Waals surface area (Å²) < 4.78 is 0. The van der Waals surface area contributed by atoms with E-state index in [-0.39, 0.29) is 22.8 Å². The SMILES string of the molecule is N#Cc1c(N)nc2c(c1N)C(c1ccccc1Cl)C([N+](=O)[O-])=C1NCCN12. The molecule has 10 heteroatoms. The van der Waals surface area contributed by atoms with E-state index in [1.165, 1.54) is 0 Å². The number of hydrogen-bond donors (Lipinski definition) is 3. The van der Waals surface area contributed by atoms with E-state index in [1.807, 2.05) is 6.07 Å². The highest BCUT2D eigenvalue weighted by Crippen LogP contribution is 2.49. The van der Waals surface area contributed by atoms with Gasteiger partial charge in [0.05, 0.1) is 10.6 Å². The average molecular weight is 384 g/mol. The molecule has 0 radical (unpaired) electrons. The number of halogens is 1. The Morgan fingerprint density at radius 2 is 2.15 bits per heavy atom. The highest BCUT2D eigenvalue weighted by molar-refractivity contribution is 6.31. The highest BCUT2D eigenvalue weighted by atomic mass is 35.5. The van der Waals surface area contributed by atoms with Crippen molar-refractivity contribution in [1.29, 1.82) is 5.26 Å². The average Bonchev–Trinajstić information content (AvgIpc) is 3.11. The number of nitro groups is 1. The summed E-state index contributed by atoms with van der Waals surface area (Å²) in [5.74, 6) is -0.156. The molecule has 27 heavy (non-hydrogen) atoms. The molecular formula is C17H14ClN7O2. The molecule has 9 nitrogen and oxygen atoms in total. The summed E-state index contributed by atoms with van der Waals surface area (Å²) in [6.07, 6.45) is 0. The fraction of sp³-hybridized carbons (Fsp3) is 0.176. The first-order valence-electron chi connectivity index (χ1n) is 8.09. The molecule has 2 aromatic rings. The van der Waals surface area contributed by atoms with Gasteiger partial charge in [-0.3, -0.25) is 10.1 Å². The second-order valence-electron chi connectivity index (χ2n) is 6.16. The van der Waals surface area contributed by atoms with Crippen LogP contribution in [0.2, 0.25) is 5.02 Å². The van der Waals surface area contributed by atoms with E-state index in [4.69, 9.17) is 23.1 Å². The Hall–Kier alpha value is -3.51. The number of anilines is 3. The number of nitriles is 1. The minimum absolute atomic E-state index is 0.00380. The maximum Gasteiger partial charge on any atom is 0.298 e. The number of hydrogen-bond acceptors (Lipinski definition) is 8. The molecule has 0 bridgehead atoms. The number of aromatic nitrogens is 1. The molecule has 1 aromatic carbocycles. The minimum atomic E-state index is -0.888. The molecule has 2 aliphatic rings. The third-order valence-electron chi connectivity index (χ3n) is 4.77. The normalized spacial score (nSPS) is 17.8. The monoisotopic (exact) mass is 383 g/mol. The molecule has 1 unspecified atom stereocenters. The summed E-state index contributed by atoms with van der Waals surface area (Å²) in [5.41, 5.74) is 13.0. The first kappa shape index (κ1) is 16.9. The summed E-state index contributed by atoms with van der Waals surface area (Å²) in [4.78, 5) is 17.6. The van der Waals surface area contributed by atoms with Crippen LogP contribution >= 0.6 is 11.6 Å². The number of nitrogen functional groups attached to an aromatic ring is 2. The maximum atomic E-state index is 12.0. The Labute approximate surface area is 159 Å². The van der Waals surface area contributed by atoms with Gasteiger partial charge in [-0.05, 0) is 11.6 Å². The molecule has 1 fully saturated rings. The van der Waals surface area contributed by atoms with Gasteiger partial charge in [-0.2, -0.15) is 5.26 Å². The second-order valence-corrected chi connectivity index (χ2v) is 6.57. The molecule has 1 saturated heterocycles. The summed E-state index contributed by atoms with van der Waals surface area (Å²) in [5, 5.41) is 24.9. The maximum absolute atomic E-state index is 12.0. The Morgan fingerprint density at radius 3 is 2.81 bits per heavy atom. The fourth-order valence-corrected chi connectivity index (χ4v) is 3.89. The van der Waals surface area contributed by atoms with Crippen LogP contribution in [0.15, 0.2) is 35.8 Å². The lowest BCUT2D eigenvalue weighted by atomic mass is 9.84. The first-order valence-corrected chi connectivity index (χ1v) is 8.46. The lowest BCUT2D eigenvalue weighted by Gasteiger charge is -2.32. The summed E-state index contributed by atoms with van der Waals surface area (Å²) in [7, 11) is 0. The molecular weight excluding hydrogens is 370 g/mol. The van der Waals surface area contributed by atoms with Gasteiger partial charge in [-0.25, -0.2) is 4.98 Å². The number of rotatable bonds is 2. The Balaban J connectivity index is 2.12. The van der Waals surface area contributed by atoms with Crippen LogP contribution in [0.1, 0.15) is 22.6 Å². The van der Waals surface area contributed by atoms with Crippen molar-refractivity contribution in [2.45, 2.75) is 5.92 Å². The predicted molar refractivity (Wildman–Crippen MR) is 100 cm³/mol. The summed E-state index contributed by atoms with van der Waals surface area (Å²) in [6.45, 7) is 0.968. The molecule has 5 N–H and O–H groups in total. The Morgan fingerprint density at radius 1 is 1.41 bits per heavy atom. The smallest absolute Gasteiger partial charge is 0.298 e. The van der Waals surface area contributed by atoms with Crippen LogP contribution in [0.3, 0.4) is 0 Å². The van der Waals surface area contributed by atoms with Gasteiger partial charge in [0.15, 0.2) is 5.82 Å². The molecule has 0 saturated carbocycles. The number of benzene rings is 1. The molecule has 4 rings (SSSR count). The van der Waals surface area contributed by atoms with Crippen molar-refractivity contribution < 1.29 is 4.92 Å².